The van der Waals surface area contributed by atoms with Gasteiger partial charge in [-0.1, -0.05) is 30.3 Å². The van der Waals surface area contributed by atoms with Crippen LogP contribution in [0.25, 0.3) is 0 Å². The maximum atomic E-state index is 14.0. The third-order valence-corrected chi connectivity index (χ3v) is 5.62. The SMILES string of the molecule is COc1ccccc1C1CN(C(C)=O)CCN1C(=O)c1ccnc(Oc2ccccc2F)c1. The van der Waals surface area contributed by atoms with Crippen molar-refractivity contribution in [2.45, 2.75) is 13.0 Å². The van der Waals surface area contributed by atoms with E-state index >= 15 is 0 Å². The summed E-state index contributed by atoms with van der Waals surface area (Å²) in [6.07, 6.45) is 1.45. The molecule has 0 N–H and O–H groups in total. The summed E-state index contributed by atoms with van der Waals surface area (Å²) in [6, 6.07) is 16.1. The van der Waals surface area contributed by atoms with E-state index in [1.165, 1.54) is 31.3 Å². The van der Waals surface area contributed by atoms with Gasteiger partial charge in [-0.3, -0.25) is 9.59 Å². The molecule has 0 bridgehead atoms. The number of carbonyl (C=O) groups excluding carboxylic acids is 2. The average Bonchev–Trinajstić information content (AvgIpc) is 2.84. The topological polar surface area (TPSA) is 72.0 Å². The summed E-state index contributed by atoms with van der Waals surface area (Å²) in [4.78, 5) is 33.2. The number of methoxy groups -OCH3 is 1. The van der Waals surface area contributed by atoms with Gasteiger partial charge < -0.3 is 19.3 Å². The van der Waals surface area contributed by atoms with Gasteiger partial charge in [0.1, 0.15) is 5.75 Å². The van der Waals surface area contributed by atoms with Crippen molar-refractivity contribution in [1.82, 2.24) is 14.8 Å². The van der Waals surface area contributed by atoms with Crippen molar-refractivity contribution in [2.75, 3.05) is 26.7 Å². The van der Waals surface area contributed by atoms with Crippen LogP contribution in [0.5, 0.6) is 17.4 Å². The van der Waals surface area contributed by atoms with Crippen molar-refractivity contribution in [2.24, 2.45) is 0 Å². The molecule has 33 heavy (non-hydrogen) atoms. The van der Waals surface area contributed by atoms with Crippen molar-refractivity contribution >= 4 is 11.8 Å². The maximum Gasteiger partial charge on any atom is 0.254 e. The monoisotopic (exact) mass is 449 g/mol. The lowest BCUT2D eigenvalue weighted by Crippen LogP contribution is -2.52. The molecule has 1 aliphatic rings. The molecular formula is C25H24FN3O4. The Labute approximate surface area is 191 Å². The second-order valence-electron chi connectivity index (χ2n) is 7.64. The fourth-order valence-electron chi connectivity index (χ4n) is 3.92. The highest BCUT2D eigenvalue weighted by molar-refractivity contribution is 5.95. The molecule has 0 aliphatic carbocycles. The summed E-state index contributed by atoms with van der Waals surface area (Å²) in [6.45, 7) is 2.65. The number of rotatable bonds is 5. The lowest BCUT2D eigenvalue weighted by molar-refractivity contribution is -0.131. The van der Waals surface area contributed by atoms with Gasteiger partial charge in [0.15, 0.2) is 11.6 Å². The second-order valence-corrected chi connectivity index (χ2v) is 7.64. The Balaban J connectivity index is 1.64. The minimum absolute atomic E-state index is 0.0246. The zero-order valence-electron chi connectivity index (χ0n) is 18.4. The normalized spacial score (nSPS) is 15.8. The molecule has 170 valence electrons. The van der Waals surface area contributed by atoms with E-state index in [1.807, 2.05) is 24.3 Å². The highest BCUT2D eigenvalue weighted by Gasteiger charge is 2.34. The molecule has 7 nitrogen and oxygen atoms in total. The van der Waals surface area contributed by atoms with E-state index in [9.17, 15) is 14.0 Å². The van der Waals surface area contributed by atoms with Gasteiger partial charge in [0.25, 0.3) is 5.91 Å². The van der Waals surface area contributed by atoms with E-state index in [0.29, 0.717) is 30.9 Å². The van der Waals surface area contributed by atoms with Gasteiger partial charge >= 0.3 is 0 Å². The summed E-state index contributed by atoms with van der Waals surface area (Å²) in [5.74, 6) is -0.0308. The highest BCUT2D eigenvalue weighted by atomic mass is 19.1. The van der Waals surface area contributed by atoms with E-state index in [-0.39, 0.29) is 23.4 Å². The van der Waals surface area contributed by atoms with Crippen molar-refractivity contribution in [3.05, 3.63) is 83.8 Å². The quantitative estimate of drug-likeness (QED) is 0.587. The molecule has 3 aromatic rings. The molecule has 1 saturated heterocycles. The molecule has 1 fully saturated rings. The van der Waals surface area contributed by atoms with Gasteiger partial charge in [-0.25, -0.2) is 9.37 Å². The first kappa shape index (κ1) is 22.3. The van der Waals surface area contributed by atoms with Gasteiger partial charge in [0.05, 0.1) is 13.2 Å². The zero-order valence-corrected chi connectivity index (χ0v) is 18.4. The largest absolute Gasteiger partial charge is 0.496 e. The Hall–Kier alpha value is -3.94. The molecule has 2 heterocycles. The number of aromatic nitrogens is 1. The Bertz CT molecular complexity index is 1170. The Morgan fingerprint density at radius 2 is 1.76 bits per heavy atom. The Morgan fingerprint density at radius 1 is 1.03 bits per heavy atom. The summed E-state index contributed by atoms with van der Waals surface area (Å²) >= 11 is 0. The molecule has 2 aromatic carbocycles. The summed E-state index contributed by atoms with van der Waals surface area (Å²) in [7, 11) is 1.58. The second kappa shape index (κ2) is 9.68. The van der Waals surface area contributed by atoms with Crippen LogP contribution in [0.4, 0.5) is 4.39 Å². The smallest absolute Gasteiger partial charge is 0.254 e. The number of para-hydroxylation sites is 2. The molecule has 1 aromatic heterocycles. The number of nitrogens with zero attached hydrogens (tertiary/aromatic N) is 3. The first-order valence-corrected chi connectivity index (χ1v) is 10.6. The lowest BCUT2D eigenvalue weighted by Gasteiger charge is -2.41. The fourth-order valence-corrected chi connectivity index (χ4v) is 3.92. The third-order valence-electron chi connectivity index (χ3n) is 5.62. The van der Waals surface area contributed by atoms with Crippen LogP contribution in [0.3, 0.4) is 0 Å². The lowest BCUT2D eigenvalue weighted by atomic mass is 10.00. The average molecular weight is 449 g/mol. The predicted molar refractivity (Wildman–Crippen MR) is 120 cm³/mol. The van der Waals surface area contributed by atoms with Crippen LogP contribution in [-0.4, -0.2) is 53.3 Å². The molecular weight excluding hydrogens is 425 g/mol. The first-order valence-electron chi connectivity index (χ1n) is 10.6. The highest BCUT2D eigenvalue weighted by Crippen LogP contribution is 2.33. The van der Waals surface area contributed by atoms with Crippen LogP contribution in [0.15, 0.2) is 66.9 Å². The van der Waals surface area contributed by atoms with Gasteiger partial charge in [0, 0.05) is 49.9 Å². The molecule has 1 atom stereocenters. The number of hydrogen-bond donors (Lipinski definition) is 0. The van der Waals surface area contributed by atoms with Crippen LogP contribution >= 0.6 is 0 Å². The van der Waals surface area contributed by atoms with Crippen molar-refractivity contribution in [3.63, 3.8) is 0 Å². The van der Waals surface area contributed by atoms with Gasteiger partial charge in [-0.05, 0) is 24.3 Å². The standard InChI is InChI=1S/C25H24FN3O4/c1-17(30)28-13-14-29(21(16-28)19-7-3-5-9-22(19)32-2)25(31)18-11-12-27-24(15-18)33-23-10-6-4-8-20(23)26/h3-12,15,21H,13-14,16H2,1-2H3. The van der Waals surface area contributed by atoms with Crippen molar-refractivity contribution in [3.8, 4) is 17.4 Å². The van der Waals surface area contributed by atoms with Crippen LogP contribution in [-0.2, 0) is 4.79 Å². The van der Waals surface area contributed by atoms with Crippen LogP contribution < -0.4 is 9.47 Å². The molecule has 0 radical (unpaired) electrons. The number of halogens is 1. The minimum Gasteiger partial charge on any atom is -0.496 e. The molecule has 1 aliphatic heterocycles. The first-order chi connectivity index (χ1) is 16.0. The molecule has 8 heteroatoms. The van der Waals surface area contributed by atoms with Crippen LogP contribution in [0, 0.1) is 5.82 Å². The Morgan fingerprint density at radius 3 is 2.48 bits per heavy atom. The van der Waals surface area contributed by atoms with Gasteiger partial charge in [0.2, 0.25) is 11.8 Å². The summed E-state index contributed by atoms with van der Waals surface area (Å²) in [5.41, 5.74) is 1.17. The number of amides is 2. The molecule has 4 rings (SSSR count). The molecule has 0 spiro atoms. The van der Waals surface area contributed by atoms with E-state index in [2.05, 4.69) is 4.98 Å². The number of pyridine rings is 1. The summed E-state index contributed by atoms with van der Waals surface area (Å²) < 4.78 is 25.0. The van der Waals surface area contributed by atoms with Gasteiger partial charge in [-0.2, -0.15) is 0 Å². The predicted octanol–water partition coefficient (Wildman–Crippen LogP) is 4.07. The van der Waals surface area contributed by atoms with E-state index in [0.717, 1.165) is 5.56 Å². The maximum absolute atomic E-state index is 14.0. The zero-order chi connectivity index (χ0) is 23.4. The number of benzene rings is 2. The van der Waals surface area contributed by atoms with Crippen molar-refractivity contribution < 1.29 is 23.5 Å². The number of hydrogen-bond acceptors (Lipinski definition) is 5. The van der Waals surface area contributed by atoms with Crippen LogP contribution in [0.2, 0.25) is 0 Å². The number of piperazine rings is 1. The summed E-state index contributed by atoms with van der Waals surface area (Å²) in [5, 5.41) is 0. The van der Waals surface area contributed by atoms with E-state index in [4.69, 9.17) is 9.47 Å². The van der Waals surface area contributed by atoms with Crippen LogP contribution in [0.1, 0.15) is 28.9 Å². The number of ether oxygens (including phenoxy) is 2. The van der Waals surface area contributed by atoms with E-state index < -0.39 is 11.9 Å². The van der Waals surface area contributed by atoms with Gasteiger partial charge in [-0.15, -0.1) is 0 Å². The molecule has 1 unspecified atom stereocenters. The Kier molecular flexibility index (Phi) is 6.53. The third kappa shape index (κ3) is 4.79. The van der Waals surface area contributed by atoms with Crippen molar-refractivity contribution in [1.29, 1.82) is 0 Å². The number of carbonyl (C=O) groups is 2. The molecule has 0 saturated carbocycles. The van der Waals surface area contributed by atoms with E-state index in [1.54, 1.807) is 35.1 Å². The minimum atomic E-state index is -0.521. The molecule has 2 amide bonds. The fraction of sp³-hybridized carbons (Fsp3) is 0.240.